The largest absolute Gasteiger partial charge is 0.379 e. The van der Waals surface area contributed by atoms with E-state index in [1.165, 1.54) is 6.42 Å². The molecule has 0 atom stereocenters. The second-order valence-corrected chi connectivity index (χ2v) is 6.18. The molecule has 0 saturated heterocycles. The maximum absolute atomic E-state index is 10.9. The maximum Gasteiger partial charge on any atom is 0.278 e. The minimum absolute atomic E-state index is 0.0362. The number of nitrogens with one attached hydrogen (secondary N) is 1. The van der Waals surface area contributed by atoms with E-state index in [0.29, 0.717) is 52.8 Å². The molecule has 0 aliphatic rings. The number of hydrogen-bond donors (Lipinski definition) is 1. The number of rotatable bonds is 16. The van der Waals surface area contributed by atoms with Crippen LogP contribution in [0.1, 0.15) is 26.7 Å². The van der Waals surface area contributed by atoms with Crippen LogP contribution in [0.3, 0.4) is 0 Å². The third kappa shape index (κ3) is 19.6. The molecular weight excluding hydrogens is 318 g/mol. The molecule has 0 fully saturated rings. The van der Waals surface area contributed by atoms with Gasteiger partial charge in [0, 0.05) is 13.2 Å². The molecule has 6 nitrogen and oxygen atoms in total. The van der Waals surface area contributed by atoms with Crippen LogP contribution in [-0.2, 0) is 18.9 Å². The molecule has 7 heteroatoms. The molecule has 0 aliphatic heterocycles. The SMILES string of the molecule is CSC(=O)NCCOCCOCCOCCOCCCC(C)C. The fourth-order valence-electron chi connectivity index (χ4n) is 1.65. The van der Waals surface area contributed by atoms with Crippen molar-refractivity contribution in [1.29, 1.82) is 0 Å². The summed E-state index contributed by atoms with van der Waals surface area (Å²) < 4.78 is 21.6. The van der Waals surface area contributed by atoms with Gasteiger partial charge in [0.25, 0.3) is 5.24 Å². The van der Waals surface area contributed by atoms with Crippen molar-refractivity contribution in [3.05, 3.63) is 0 Å². The highest BCUT2D eigenvalue weighted by molar-refractivity contribution is 8.12. The zero-order valence-corrected chi connectivity index (χ0v) is 15.6. The second-order valence-electron chi connectivity index (χ2n) is 5.40. The molecule has 0 radical (unpaired) electrons. The van der Waals surface area contributed by atoms with Crippen LogP contribution in [0.5, 0.6) is 0 Å². The van der Waals surface area contributed by atoms with E-state index in [-0.39, 0.29) is 5.24 Å². The first-order valence-electron chi connectivity index (χ1n) is 8.29. The zero-order valence-electron chi connectivity index (χ0n) is 14.8. The average molecular weight is 352 g/mol. The van der Waals surface area contributed by atoms with Crippen molar-refractivity contribution in [1.82, 2.24) is 5.32 Å². The Kier molecular flexibility index (Phi) is 17.7. The van der Waals surface area contributed by atoms with Gasteiger partial charge in [-0.3, -0.25) is 4.79 Å². The summed E-state index contributed by atoms with van der Waals surface area (Å²) in [5.74, 6) is 0.741. The number of thioether (sulfide) groups is 1. The van der Waals surface area contributed by atoms with Gasteiger partial charge < -0.3 is 24.3 Å². The number of carbonyl (C=O) groups excluding carboxylic acids is 1. The van der Waals surface area contributed by atoms with Gasteiger partial charge in [-0.05, 0) is 25.0 Å². The number of amides is 1. The van der Waals surface area contributed by atoms with Gasteiger partial charge in [0.1, 0.15) is 0 Å². The standard InChI is InChI=1S/C16H33NO5S/c1-15(2)5-4-7-19-9-11-21-13-14-22-12-10-20-8-6-17-16(18)23-3/h15H,4-14H2,1-3H3,(H,17,18). The lowest BCUT2D eigenvalue weighted by Gasteiger charge is -2.08. The molecule has 0 aromatic rings. The van der Waals surface area contributed by atoms with Gasteiger partial charge in [-0.25, -0.2) is 0 Å². The van der Waals surface area contributed by atoms with Crippen LogP contribution in [0.4, 0.5) is 4.79 Å². The molecule has 0 heterocycles. The number of carbonyl (C=O) groups is 1. The number of hydrogen-bond acceptors (Lipinski definition) is 6. The van der Waals surface area contributed by atoms with Crippen molar-refractivity contribution >= 4 is 17.0 Å². The van der Waals surface area contributed by atoms with Crippen LogP contribution in [0.2, 0.25) is 0 Å². The molecule has 0 bridgehead atoms. The van der Waals surface area contributed by atoms with Crippen LogP contribution in [-0.4, -0.2) is 70.9 Å². The van der Waals surface area contributed by atoms with Gasteiger partial charge >= 0.3 is 0 Å². The highest BCUT2D eigenvalue weighted by Gasteiger charge is 1.97. The van der Waals surface area contributed by atoms with Gasteiger partial charge in [-0.2, -0.15) is 0 Å². The quantitative estimate of drug-likeness (QED) is 0.431. The van der Waals surface area contributed by atoms with Crippen molar-refractivity contribution in [2.75, 3.05) is 65.7 Å². The Morgan fingerprint density at radius 3 is 1.83 bits per heavy atom. The van der Waals surface area contributed by atoms with E-state index in [1.54, 1.807) is 6.26 Å². The molecule has 0 rings (SSSR count). The summed E-state index contributed by atoms with van der Waals surface area (Å²) in [5.41, 5.74) is 0. The van der Waals surface area contributed by atoms with Crippen LogP contribution in [0, 0.1) is 5.92 Å². The van der Waals surface area contributed by atoms with Crippen LogP contribution < -0.4 is 5.32 Å². The predicted molar refractivity (Wildman–Crippen MR) is 94.3 cm³/mol. The maximum atomic E-state index is 10.9. The minimum atomic E-state index is -0.0362. The molecule has 0 aromatic heterocycles. The van der Waals surface area contributed by atoms with Gasteiger partial charge in [-0.1, -0.05) is 25.6 Å². The number of ether oxygens (including phenoxy) is 4. The molecule has 23 heavy (non-hydrogen) atoms. The van der Waals surface area contributed by atoms with Crippen molar-refractivity contribution in [3.8, 4) is 0 Å². The highest BCUT2D eigenvalue weighted by Crippen LogP contribution is 2.02. The Hall–Kier alpha value is -0.340. The Balaban J connectivity index is 3.01. The average Bonchev–Trinajstić information content (AvgIpc) is 2.53. The molecule has 0 saturated carbocycles. The summed E-state index contributed by atoms with van der Waals surface area (Å²) in [6.07, 6.45) is 4.06. The Bertz CT molecular complexity index is 267. The van der Waals surface area contributed by atoms with Crippen LogP contribution in [0.25, 0.3) is 0 Å². The predicted octanol–water partition coefficient (Wildman–Crippen LogP) is 2.56. The van der Waals surface area contributed by atoms with E-state index >= 15 is 0 Å². The molecule has 0 aromatic carbocycles. The van der Waals surface area contributed by atoms with E-state index < -0.39 is 0 Å². The lowest BCUT2D eigenvalue weighted by atomic mass is 10.1. The monoisotopic (exact) mass is 351 g/mol. The lowest BCUT2D eigenvalue weighted by molar-refractivity contribution is -0.00176. The second kappa shape index (κ2) is 18.0. The summed E-state index contributed by atoms with van der Waals surface area (Å²) in [6, 6.07) is 0. The van der Waals surface area contributed by atoms with Crippen molar-refractivity contribution in [3.63, 3.8) is 0 Å². The van der Waals surface area contributed by atoms with E-state index in [0.717, 1.165) is 30.7 Å². The van der Waals surface area contributed by atoms with E-state index in [1.807, 2.05) is 0 Å². The fourth-order valence-corrected chi connectivity index (χ4v) is 1.90. The van der Waals surface area contributed by atoms with Gasteiger partial charge in [0.2, 0.25) is 0 Å². The summed E-state index contributed by atoms with van der Waals surface area (Å²) >= 11 is 1.16. The van der Waals surface area contributed by atoms with Crippen molar-refractivity contribution in [2.45, 2.75) is 26.7 Å². The Morgan fingerprint density at radius 2 is 1.35 bits per heavy atom. The third-order valence-electron chi connectivity index (χ3n) is 2.89. The molecule has 1 amide bonds. The lowest BCUT2D eigenvalue weighted by Crippen LogP contribution is -2.24. The normalized spacial score (nSPS) is 11.1. The smallest absolute Gasteiger partial charge is 0.278 e. The minimum Gasteiger partial charge on any atom is -0.379 e. The van der Waals surface area contributed by atoms with E-state index in [9.17, 15) is 4.79 Å². The summed E-state index contributed by atoms with van der Waals surface area (Å²) in [4.78, 5) is 10.9. The first-order chi connectivity index (χ1) is 11.2. The summed E-state index contributed by atoms with van der Waals surface area (Å²) in [5, 5.41) is 2.67. The molecule has 0 aliphatic carbocycles. The van der Waals surface area contributed by atoms with Crippen molar-refractivity contribution < 1.29 is 23.7 Å². The van der Waals surface area contributed by atoms with Gasteiger partial charge in [0.05, 0.1) is 46.2 Å². The summed E-state index contributed by atoms with van der Waals surface area (Å²) in [7, 11) is 0. The third-order valence-corrected chi connectivity index (χ3v) is 3.40. The van der Waals surface area contributed by atoms with Crippen LogP contribution >= 0.6 is 11.8 Å². The molecule has 0 spiro atoms. The van der Waals surface area contributed by atoms with E-state index in [2.05, 4.69) is 19.2 Å². The van der Waals surface area contributed by atoms with Crippen molar-refractivity contribution in [2.24, 2.45) is 5.92 Å². The highest BCUT2D eigenvalue weighted by atomic mass is 32.2. The molecule has 138 valence electrons. The first-order valence-corrected chi connectivity index (χ1v) is 9.52. The molecular formula is C16H33NO5S. The summed E-state index contributed by atoms with van der Waals surface area (Å²) in [6.45, 7) is 9.71. The van der Waals surface area contributed by atoms with Crippen LogP contribution in [0.15, 0.2) is 0 Å². The topological polar surface area (TPSA) is 66.0 Å². The zero-order chi connectivity index (χ0) is 17.2. The molecule has 0 unspecified atom stereocenters. The van der Waals surface area contributed by atoms with Gasteiger partial charge in [-0.15, -0.1) is 0 Å². The van der Waals surface area contributed by atoms with E-state index in [4.69, 9.17) is 18.9 Å². The molecule has 1 N–H and O–H groups in total. The Labute approximate surface area is 145 Å². The first kappa shape index (κ1) is 22.7. The Morgan fingerprint density at radius 1 is 0.870 bits per heavy atom. The fraction of sp³-hybridized carbons (Fsp3) is 0.938. The van der Waals surface area contributed by atoms with Gasteiger partial charge in [0.15, 0.2) is 0 Å².